The van der Waals surface area contributed by atoms with Crippen LogP contribution in [0, 0.1) is 0 Å². The molecular formula is C12H20N2O4. The molecule has 18 heavy (non-hydrogen) atoms. The lowest BCUT2D eigenvalue weighted by atomic mass is 10.4. The van der Waals surface area contributed by atoms with Crippen LogP contribution < -0.4 is 11.3 Å². The average Bonchev–Trinajstić information content (AvgIpc) is 2.36. The first-order valence-corrected chi connectivity index (χ1v) is 5.84. The Bertz CT molecular complexity index is 392. The fourth-order valence-corrected chi connectivity index (χ4v) is 1.35. The monoisotopic (exact) mass is 256 g/mol. The molecule has 0 atom stereocenters. The molecule has 102 valence electrons. The minimum atomic E-state index is -0.0795. The largest absolute Gasteiger partial charge is 0.398 e. The molecule has 1 rings (SSSR count). The van der Waals surface area contributed by atoms with E-state index >= 15 is 0 Å². The number of methoxy groups -OCH3 is 1. The molecular weight excluding hydrogens is 236 g/mol. The van der Waals surface area contributed by atoms with Crippen LogP contribution >= 0.6 is 0 Å². The van der Waals surface area contributed by atoms with Crippen molar-refractivity contribution in [1.29, 1.82) is 0 Å². The number of hydrogen-bond donors (Lipinski definition) is 1. The maximum atomic E-state index is 11.4. The Morgan fingerprint density at radius 2 is 1.78 bits per heavy atom. The van der Waals surface area contributed by atoms with Gasteiger partial charge in [0.05, 0.1) is 33.0 Å². The van der Waals surface area contributed by atoms with Crippen LogP contribution in [0.4, 0.5) is 5.69 Å². The SMILES string of the molecule is COCCOCCOCCn1cc(N)ccc1=O. The summed E-state index contributed by atoms with van der Waals surface area (Å²) in [7, 11) is 1.63. The van der Waals surface area contributed by atoms with Gasteiger partial charge in [-0.2, -0.15) is 0 Å². The first-order chi connectivity index (χ1) is 8.74. The number of aromatic nitrogens is 1. The van der Waals surface area contributed by atoms with E-state index < -0.39 is 0 Å². The minimum absolute atomic E-state index is 0.0795. The standard InChI is InChI=1S/C12H20N2O4/c1-16-6-7-18-9-8-17-5-4-14-10-11(13)2-3-12(14)15/h2-3,10H,4-9,13H2,1H3. The summed E-state index contributed by atoms with van der Waals surface area (Å²) in [5, 5.41) is 0. The number of hydrogen-bond acceptors (Lipinski definition) is 5. The molecule has 0 spiro atoms. The van der Waals surface area contributed by atoms with Crippen molar-refractivity contribution in [3.63, 3.8) is 0 Å². The van der Waals surface area contributed by atoms with Crippen molar-refractivity contribution in [2.24, 2.45) is 0 Å². The normalized spacial score (nSPS) is 10.7. The molecule has 0 aliphatic carbocycles. The molecule has 0 aliphatic rings. The van der Waals surface area contributed by atoms with Gasteiger partial charge in [-0.15, -0.1) is 0 Å². The highest BCUT2D eigenvalue weighted by Crippen LogP contribution is 1.95. The zero-order chi connectivity index (χ0) is 13.2. The van der Waals surface area contributed by atoms with E-state index in [2.05, 4.69) is 0 Å². The average molecular weight is 256 g/mol. The molecule has 6 nitrogen and oxygen atoms in total. The third-order valence-electron chi connectivity index (χ3n) is 2.29. The predicted molar refractivity (Wildman–Crippen MR) is 68.6 cm³/mol. The van der Waals surface area contributed by atoms with E-state index in [1.165, 1.54) is 10.6 Å². The minimum Gasteiger partial charge on any atom is -0.398 e. The molecule has 1 aromatic rings. The third kappa shape index (κ3) is 5.81. The predicted octanol–water partition coefficient (Wildman–Crippen LogP) is 0.110. The Balaban J connectivity index is 2.11. The Labute approximate surface area is 106 Å². The van der Waals surface area contributed by atoms with E-state index in [0.717, 1.165) is 0 Å². The van der Waals surface area contributed by atoms with E-state index in [1.54, 1.807) is 19.4 Å². The zero-order valence-corrected chi connectivity index (χ0v) is 10.6. The highest BCUT2D eigenvalue weighted by molar-refractivity contribution is 5.33. The molecule has 0 saturated heterocycles. The molecule has 2 N–H and O–H groups in total. The third-order valence-corrected chi connectivity index (χ3v) is 2.29. The molecule has 0 radical (unpaired) electrons. The van der Waals surface area contributed by atoms with Crippen LogP contribution in [0.5, 0.6) is 0 Å². The van der Waals surface area contributed by atoms with Gasteiger partial charge in [0.1, 0.15) is 0 Å². The summed E-state index contributed by atoms with van der Waals surface area (Å²) < 4.78 is 16.9. The molecule has 1 aromatic heterocycles. The molecule has 0 aliphatic heterocycles. The highest BCUT2D eigenvalue weighted by Gasteiger charge is 1.96. The number of nitrogens with two attached hydrogens (primary N) is 1. The zero-order valence-electron chi connectivity index (χ0n) is 10.6. The van der Waals surface area contributed by atoms with Gasteiger partial charge in [0.2, 0.25) is 0 Å². The van der Waals surface area contributed by atoms with Gasteiger partial charge in [0, 0.05) is 31.6 Å². The quantitative estimate of drug-likeness (QED) is 0.635. The van der Waals surface area contributed by atoms with Crippen LogP contribution in [0.25, 0.3) is 0 Å². The summed E-state index contributed by atoms with van der Waals surface area (Å²) in [5.74, 6) is 0. The molecule has 0 saturated carbocycles. The Kier molecular flexibility index (Phi) is 7.09. The van der Waals surface area contributed by atoms with Crippen molar-refractivity contribution in [2.75, 3.05) is 45.9 Å². The van der Waals surface area contributed by atoms with Crippen molar-refractivity contribution in [3.8, 4) is 0 Å². The first-order valence-electron chi connectivity index (χ1n) is 5.84. The van der Waals surface area contributed by atoms with Crippen LogP contribution in [-0.4, -0.2) is 44.7 Å². The van der Waals surface area contributed by atoms with E-state index in [9.17, 15) is 4.79 Å². The molecule has 1 heterocycles. The maximum Gasteiger partial charge on any atom is 0.250 e. The van der Waals surface area contributed by atoms with Crippen LogP contribution in [0.1, 0.15) is 0 Å². The molecule has 0 bridgehead atoms. The maximum absolute atomic E-state index is 11.4. The molecule has 0 fully saturated rings. The van der Waals surface area contributed by atoms with Gasteiger partial charge in [-0.05, 0) is 6.07 Å². The van der Waals surface area contributed by atoms with Crippen molar-refractivity contribution in [2.45, 2.75) is 6.54 Å². The fourth-order valence-electron chi connectivity index (χ4n) is 1.35. The van der Waals surface area contributed by atoms with Crippen LogP contribution in [0.2, 0.25) is 0 Å². The van der Waals surface area contributed by atoms with Crippen molar-refractivity contribution in [1.82, 2.24) is 4.57 Å². The summed E-state index contributed by atoms with van der Waals surface area (Å²) in [6, 6.07) is 3.03. The van der Waals surface area contributed by atoms with Crippen molar-refractivity contribution >= 4 is 5.69 Å². The Hall–Kier alpha value is -1.37. The van der Waals surface area contributed by atoms with Crippen LogP contribution in [0.15, 0.2) is 23.1 Å². The Morgan fingerprint density at radius 1 is 1.11 bits per heavy atom. The molecule has 0 amide bonds. The summed E-state index contributed by atoms with van der Waals surface area (Å²) in [6.07, 6.45) is 1.61. The smallest absolute Gasteiger partial charge is 0.250 e. The molecule has 6 heteroatoms. The fraction of sp³-hybridized carbons (Fsp3) is 0.583. The molecule has 0 unspecified atom stereocenters. The second kappa shape index (κ2) is 8.68. The lowest BCUT2D eigenvalue weighted by molar-refractivity contribution is 0.0229. The second-order valence-electron chi connectivity index (χ2n) is 3.71. The number of pyridine rings is 1. The topological polar surface area (TPSA) is 75.7 Å². The van der Waals surface area contributed by atoms with E-state index in [0.29, 0.717) is 45.3 Å². The summed E-state index contributed by atoms with van der Waals surface area (Å²) in [6.45, 7) is 3.11. The van der Waals surface area contributed by atoms with Crippen molar-refractivity contribution in [3.05, 3.63) is 28.7 Å². The number of ether oxygens (including phenoxy) is 3. The van der Waals surface area contributed by atoms with Gasteiger partial charge in [-0.25, -0.2) is 0 Å². The van der Waals surface area contributed by atoms with Gasteiger partial charge >= 0.3 is 0 Å². The van der Waals surface area contributed by atoms with Gasteiger partial charge in [0.15, 0.2) is 0 Å². The summed E-state index contributed by atoms with van der Waals surface area (Å²) >= 11 is 0. The van der Waals surface area contributed by atoms with Gasteiger partial charge < -0.3 is 24.5 Å². The number of nitrogens with zero attached hydrogens (tertiary/aromatic N) is 1. The van der Waals surface area contributed by atoms with Crippen LogP contribution in [-0.2, 0) is 20.8 Å². The van der Waals surface area contributed by atoms with E-state index in [1.807, 2.05) is 0 Å². The van der Waals surface area contributed by atoms with E-state index in [-0.39, 0.29) is 5.56 Å². The highest BCUT2D eigenvalue weighted by atomic mass is 16.5. The van der Waals surface area contributed by atoms with Gasteiger partial charge in [0.25, 0.3) is 5.56 Å². The Morgan fingerprint density at radius 3 is 2.50 bits per heavy atom. The summed E-state index contributed by atoms with van der Waals surface area (Å²) in [4.78, 5) is 11.4. The van der Waals surface area contributed by atoms with Gasteiger partial charge in [-0.1, -0.05) is 0 Å². The number of rotatable bonds is 9. The lowest BCUT2D eigenvalue weighted by Gasteiger charge is -2.08. The van der Waals surface area contributed by atoms with Crippen molar-refractivity contribution < 1.29 is 14.2 Å². The van der Waals surface area contributed by atoms with Gasteiger partial charge in [-0.3, -0.25) is 4.79 Å². The summed E-state index contributed by atoms with van der Waals surface area (Å²) in [5.41, 5.74) is 6.08. The number of anilines is 1. The second-order valence-corrected chi connectivity index (χ2v) is 3.71. The lowest BCUT2D eigenvalue weighted by Crippen LogP contribution is -2.22. The van der Waals surface area contributed by atoms with E-state index in [4.69, 9.17) is 19.9 Å². The number of nitrogen functional groups attached to an aromatic ring is 1. The molecule has 0 aromatic carbocycles. The first kappa shape index (κ1) is 14.7. The van der Waals surface area contributed by atoms with Crippen LogP contribution in [0.3, 0.4) is 0 Å².